The first kappa shape index (κ1) is 31.6. The number of aliphatic carboxylic acids is 1. The van der Waals surface area contributed by atoms with Crippen molar-refractivity contribution in [2.75, 3.05) is 44.7 Å². The molecule has 2 saturated heterocycles. The van der Waals surface area contributed by atoms with Gasteiger partial charge in [0.2, 0.25) is 0 Å². The first-order chi connectivity index (χ1) is 21.9. The van der Waals surface area contributed by atoms with Crippen LogP contribution < -0.4 is 10.2 Å². The van der Waals surface area contributed by atoms with Crippen molar-refractivity contribution in [3.63, 3.8) is 0 Å². The van der Waals surface area contributed by atoms with Crippen molar-refractivity contribution < 1.29 is 28.6 Å². The Labute approximate surface area is 272 Å². The molecule has 0 spiro atoms. The molecule has 3 aliphatic heterocycles. The molecule has 242 valence electrons. The van der Waals surface area contributed by atoms with Crippen LogP contribution in [0.4, 0.5) is 15.1 Å². The highest BCUT2D eigenvalue weighted by Gasteiger charge is 2.43. The number of anilines is 1. The molecule has 2 aromatic heterocycles. The Morgan fingerprint density at radius 1 is 1.24 bits per heavy atom. The quantitative estimate of drug-likeness (QED) is 0.324. The topological polar surface area (TPSA) is 158 Å². The lowest BCUT2D eigenvalue weighted by molar-refractivity contribution is -0.147. The van der Waals surface area contributed by atoms with Crippen LogP contribution in [0.1, 0.15) is 30.5 Å². The summed E-state index contributed by atoms with van der Waals surface area (Å²) in [4.78, 5) is 57.0. The van der Waals surface area contributed by atoms with Crippen LogP contribution in [-0.4, -0.2) is 104 Å². The second kappa shape index (κ2) is 12.4. The number of piperazine rings is 1. The predicted octanol–water partition coefficient (Wildman–Crippen LogP) is 2.78. The summed E-state index contributed by atoms with van der Waals surface area (Å²) < 4.78 is 20.6. The van der Waals surface area contributed by atoms with E-state index in [2.05, 4.69) is 25.3 Å². The number of ether oxygens (including phenoxy) is 1. The number of benzene rings is 1. The smallest absolute Gasteiger partial charge is 0.338 e. The number of nitrogens with zero attached hydrogens (tertiary/aromatic N) is 8. The fourth-order valence-electron chi connectivity index (χ4n) is 5.73. The highest BCUT2D eigenvalue weighted by atomic mass is 35.5. The van der Waals surface area contributed by atoms with Crippen LogP contribution in [0.3, 0.4) is 0 Å². The van der Waals surface area contributed by atoms with Gasteiger partial charge in [0, 0.05) is 54.0 Å². The molecule has 17 heteroatoms. The number of urea groups is 1. The Morgan fingerprint density at radius 3 is 2.74 bits per heavy atom. The number of carbonyl (C=O) groups is 3. The number of thiazole rings is 1. The van der Waals surface area contributed by atoms with Crippen molar-refractivity contribution in [1.82, 2.24) is 34.9 Å². The van der Waals surface area contributed by atoms with E-state index in [0.29, 0.717) is 54.8 Å². The van der Waals surface area contributed by atoms with Gasteiger partial charge in [-0.05, 0) is 26.0 Å². The number of amides is 2. The molecule has 3 aromatic rings. The zero-order valence-electron chi connectivity index (χ0n) is 25.2. The van der Waals surface area contributed by atoms with E-state index in [4.69, 9.17) is 21.3 Å². The fourth-order valence-corrected chi connectivity index (χ4v) is 6.59. The maximum atomic E-state index is 14.0. The zero-order chi connectivity index (χ0) is 32.7. The van der Waals surface area contributed by atoms with Crippen LogP contribution in [0.15, 0.2) is 52.4 Å². The first-order valence-corrected chi connectivity index (χ1v) is 15.6. The highest BCUT2D eigenvalue weighted by Crippen LogP contribution is 2.37. The molecule has 46 heavy (non-hydrogen) atoms. The molecule has 0 bridgehead atoms. The number of amidine groups is 1. The summed E-state index contributed by atoms with van der Waals surface area (Å²) in [6, 6.07) is 2.65. The lowest BCUT2D eigenvalue weighted by Crippen LogP contribution is -2.53. The summed E-state index contributed by atoms with van der Waals surface area (Å²) in [7, 11) is 1.28. The molecule has 6 rings (SSSR count). The van der Waals surface area contributed by atoms with Crippen molar-refractivity contribution >= 4 is 52.7 Å². The second-order valence-electron chi connectivity index (χ2n) is 11.8. The van der Waals surface area contributed by atoms with E-state index >= 15 is 0 Å². The minimum atomic E-state index is -1.06. The Kier molecular flexibility index (Phi) is 8.52. The molecule has 3 aliphatic rings. The Morgan fingerprint density at radius 2 is 2.04 bits per heavy atom. The fraction of sp³-hybridized carbons (Fsp3) is 0.414. The lowest BCUT2D eigenvalue weighted by atomic mass is 9.94. The molecule has 0 radical (unpaired) electrons. The van der Waals surface area contributed by atoms with Gasteiger partial charge >= 0.3 is 18.0 Å². The Balaban J connectivity index is 1.25. The van der Waals surface area contributed by atoms with Gasteiger partial charge in [-0.15, -0.1) is 16.4 Å². The van der Waals surface area contributed by atoms with Crippen LogP contribution in [0.2, 0.25) is 5.02 Å². The lowest BCUT2D eigenvalue weighted by Gasteiger charge is -2.38. The zero-order valence-corrected chi connectivity index (χ0v) is 26.8. The van der Waals surface area contributed by atoms with Gasteiger partial charge in [-0.25, -0.2) is 23.6 Å². The van der Waals surface area contributed by atoms with Crippen LogP contribution >= 0.6 is 22.9 Å². The number of aliphatic imine (C=N–C) groups is 1. The standard InChI is InChI=1S/C29H31ClFN9O5S/c1-29(2,26(42)43)14-38-15-33-27(36-38)40-12-17-11-37(7-8-39(17)28(40)44)13-20-21(25(41)45-3)22(18-5-4-16(31)10-19(18)30)35-23(34-20)24-32-6-9-46-24/h4-6,9-10,15,17,22H,7-8,11-14H2,1-3H3,(H,34,35)(H,42,43)/t17-,22-/m0/s1. The molecule has 14 nitrogen and oxygen atoms in total. The number of carboxylic acid groups (broad SMARTS) is 1. The number of halogens is 2. The van der Waals surface area contributed by atoms with Gasteiger partial charge in [-0.3, -0.25) is 19.6 Å². The number of aromatic nitrogens is 4. The Hall–Kier alpha value is -4.41. The van der Waals surface area contributed by atoms with Crippen molar-refractivity contribution in [3.8, 4) is 0 Å². The van der Waals surface area contributed by atoms with Crippen LogP contribution in [-0.2, 0) is 20.9 Å². The van der Waals surface area contributed by atoms with Crippen LogP contribution in [0.5, 0.6) is 0 Å². The molecule has 0 saturated carbocycles. The van der Waals surface area contributed by atoms with Crippen LogP contribution in [0, 0.1) is 11.2 Å². The first-order valence-electron chi connectivity index (χ1n) is 14.4. The normalized spacial score (nSPS) is 20.5. The van der Waals surface area contributed by atoms with E-state index in [0.717, 1.165) is 0 Å². The van der Waals surface area contributed by atoms with E-state index in [-0.39, 0.29) is 35.2 Å². The van der Waals surface area contributed by atoms with E-state index in [1.807, 2.05) is 5.38 Å². The average Bonchev–Trinajstić information content (AvgIpc) is 3.77. The van der Waals surface area contributed by atoms with E-state index in [1.165, 1.54) is 52.6 Å². The van der Waals surface area contributed by atoms with Crippen molar-refractivity contribution in [3.05, 3.63) is 68.8 Å². The largest absolute Gasteiger partial charge is 0.481 e. The number of fused-ring (bicyclic) bond motifs is 1. The van der Waals surface area contributed by atoms with Gasteiger partial charge in [0.05, 0.1) is 37.2 Å². The monoisotopic (exact) mass is 671 g/mol. The third-order valence-corrected chi connectivity index (χ3v) is 9.25. The van der Waals surface area contributed by atoms with E-state index in [1.54, 1.807) is 24.9 Å². The van der Waals surface area contributed by atoms with Crippen molar-refractivity contribution in [1.29, 1.82) is 0 Å². The number of hydrogen-bond acceptors (Lipinski definition) is 11. The number of esters is 1. The number of nitrogens with one attached hydrogen (secondary N) is 1. The molecular formula is C29H31ClFN9O5S. The molecule has 0 unspecified atom stereocenters. The maximum Gasteiger partial charge on any atom is 0.338 e. The van der Waals surface area contributed by atoms with Gasteiger partial charge in [0.1, 0.15) is 18.2 Å². The number of rotatable bonds is 9. The summed E-state index contributed by atoms with van der Waals surface area (Å²) in [6.07, 6.45) is 3.08. The van der Waals surface area contributed by atoms with Gasteiger partial charge in [0.25, 0.3) is 5.95 Å². The molecule has 2 amide bonds. The number of hydrogen-bond donors (Lipinski definition) is 2. The van der Waals surface area contributed by atoms with E-state index < -0.39 is 29.2 Å². The third kappa shape index (κ3) is 6.07. The van der Waals surface area contributed by atoms with Gasteiger partial charge in [-0.2, -0.15) is 4.98 Å². The summed E-state index contributed by atoms with van der Waals surface area (Å²) in [5.74, 6) is -1.44. The van der Waals surface area contributed by atoms with Gasteiger partial charge in [-0.1, -0.05) is 17.7 Å². The minimum Gasteiger partial charge on any atom is -0.481 e. The van der Waals surface area contributed by atoms with Crippen molar-refractivity contribution in [2.45, 2.75) is 32.5 Å². The SMILES string of the molecule is COC(=O)C1=C(CN2CCN3C(=O)N(c4ncn(CC(C)(C)C(=O)O)n4)C[C@@H]3C2)NC(c2nccs2)=N[C@H]1c1ccc(F)cc1Cl. The summed E-state index contributed by atoms with van der Waals surface area (Å²) in [5, 5.41) is 19.7. The maximum absolute atomic E-state index is 14.0. The van der Waals surface area contributed by atoms with Gasteiger partial charge in [0.15, 0.2) is 10.8 Å². The van der Waals surface area contributed by atoms with E-state index in [9.17, 15) is 23.9 Å². The molecule has 0 aliphatic carbocycles. The molecular weight excluding hydrogens is 641 g/mol. The predicted molar refractivity (Wildman–Crippen MR) is 166 cm³/mol. The molecule has 1 aromatic carbocycles. The number of carboxylic acids is 1. The third-order valence-electron chi connectivity index (χ3n) is 8.14. The second-order valence-corrected chi connectivity index (χ2v) is 13.1. The highest BCUT2D eigenvalue weighted by molar-refractivity contribution is 7.11. The summed E-state index contributed by atoms with van der Waals surface area (Å²) >= 11 is 7.84. The number of methoxy groups -OCH3 is 1. The Bertz CT molecular complexity index is 1740. The van der Waals surface area contributed by atoms with Crippen LogP contribution in [0.25, 0.3) is 0 Å². The number of carbonyl (C=O) groups excluding carboxylic acids is 2. The van der Waals surface area contributed by atoms with Gasteiger partial charge < -0.3 is 20.1 Å². The molecule has 5 heterocycles. The molecule has 2 atom stereocenters. The molecule has 2 fully saturated rings. The van der Waals surface area contributed by atoms with Crippen molar-refractivity contribution in [2.24, 2.45) is 10.4 Å². The minimum absolute atomic E-state index is 0.0966. The average molecular weight is 672 g/mol. The molecule has 2 N–H and O–H groups in total. The summed E-state index contributed by atoms with van der Waals surface area (Å²) in [6.45, 7) is 5.33. The summed E-state index contributed by atoms with van der Waals surface area (Å²) in [5.41, 5.74) is 0.154.